The molecule has 0 fully saturated rings. The van der Waals surface area contributed by atoms with Crippen LogP contribution in [0.5, 0.6) is 0 Å². The first-order chi connectivity index (χ1) is 19.0. The van der Waals surface area contributed by atoms with E-state index in [-0.39, 0.29) is 5.41 Å². The third-order valence-electron chi connectivity index (χ3n) is 8.91. The SMILES string of the molecule is CC1(C)c2cc(P(=O)(c3ccccc3)c3ccccc3)ccc2-c2ccc3c4c(ccc1c24)-c1ccccc1-3. The molecule has 0 N–H and O–H groups in total. The molecule has 1 nitrogen and oxygen atoms in total. The maximum Gasteiger partial charge on any atom is 0.171 e. The van der Waals surface area contributed by atoms with Gasteiger partial charge in [-0.25, -0.2) is 0 Å². The molecule has 0 aliphatic heterocycles. The molecule has 0 bridgehead atoms. The van der Waals surface area contributed by atoms with Crippen LogP contribution < -0.4 is 15.9 Å². The first-order valence-electron chi connectivity index (χ1n) is 13.6. The van der Waals surface area contributed by atoms with E-state index in [2.05, 4.69) is 80.6 Å². The third-order valence-corrected chi connectivity index (χ3v) is 12.0. The summed E-state index contributed by atoms with van der Waals surface area (Å²) in [5, 5.41) is 5.35. The predicted molar refractivity (Wildman–Crippen MR) is 165 cm³/mol. The van der Waals surface area contributed by atoms with Gasteiger partial charge in [0, 0.05) is 21.3 Å². The van der Waals surface area contributed by atoms with E-state index in [1.165, 1.54) is 55.3 Å². The highest BCUT2D eigenvalue weighted by molar-refractivity contribution is 7.85. The van der Waals surface area contributed by atoms with Gasteiger partial charge in [0.15, 0.2) is 7.14 Å². The largest absolute Gasteiger partial charge is 0.309 e. The highest BCUT2D eigenvalue weighted by Gasteiger charge is 2.38. The van der Waals surface area contributed by atoms with Crippen molar-refractivity contribution in [3.8, 4) is 33.4 Å². The zero-order valence-electron chi connectivity index (χ0n) is 22.0. The van der Waals surface area contributed by atoms with Gasteiger partial charge in [-0.2, -0.15) is 0 Å². The van der Waals surface area contributed by atoms with Crippen LogP contribution in [0.25, 0.3) is 44.2 Å². The second-order valence-electron chi connectivity index (χ2n) is 11.3. The van der Waals surface area contributed by atoms with E-state index in [9.17, 15) is 0 Å². The van der Waals surface area contributed by atoms with Gasteiger partial charge in [0.2, 0.25) is 0 Å². The van der Waals surface area contributed by atoms with Crippen LogP contribution in [0.3, 0.4) is 0 Å². The van der Waals surface area contributed by atoms with E-state index in [0.717, 1.165) is 15.9 Å². The smallest absolute Gasteiger partial charge is 0.171 e. The summed E-state index contributed by atoms with van der Waals surface area (Å²) in [6, 6.07) is 44.5. The summed E-state index contributed by atoms with van der Waals surface area (Å²) in [5.74, 6) is 0. The summed E-state index contributed by atoms with van der Waals surface area (Å²) in [4.78, 5) is 0. The second-order valence-corrected chi connectivity index (χ2v) is 14.0. The van der Waals surface area contributed by atoms with Gasteiger partial charge in [0.1, 0.15) is 0 Å². The molecule has 186 valence electrons. The van der Waals surface area contributed by atoms with Gasteiger partial charge in [0.05, 0.1) is 0 Å². The van der Waals surface area contributed by atoms with Crippen molar-refractivity contribution >= 4 is 33.8 Å². The minimum atomic E-state index is -3.07. The number of hydrogen-bond donors (Lipinski definition) is 0. The molecule has 0 heterocycles. The number of hydrogen-bond acceptors (Lipinski definition) is 1. The van der Waals surface area contributed by atoms with Gasteiger partial charge < -0.3 is 4.57 Å². The maximum absolute atomic E-state index is 15.2. The Kier molecular flexibility index (Phi) is 4.62. The minimum Gasteiger partial charge on any atom is -0.309 e. The Hall–Kier alpha value is -4.19. The highest BCUT2D eigenvalue weighted by Crippen LogP contribution is 2.56. The summed E-state index contributed by atoms with van der Waals surface area (Å²) >= 11 is 0. The van der Waals surface area contributed by atoms with E-state index in [4.69, 9.17) is 0 Å². The summed E-state index contributed by atoms with van der Waals surface area (Å²) in [7, 11) is -3.07. The molecule has 0 saturated heterocycles. The first-order valence-corrected chi connectivity index (χ1v) is 15.3. The molecule has 0 aromatic heterocycles. The van der Waals surface area contributed by atoms with Crippen molar-refractivity contribution in [1.29, 1.82) is 0 Å². The molecular weight excluding hydrogens is 491 g/mol. The van der Waals surface area contributed by atoms with Gasteiger partial charge in [-0.15, -0.1) is 0 Å². The van der Waals surface area contributed by atoms with E-state index >= 15 is 4.57 Å². The molecule has 2 aliphatic rings. The fraction of sp³-hybridized carbons (Fsp3) is 0.0811. The van der Waals surface area contributed by atoms with Crippen molar-refractivity contribution in [1.82, 2.24) is 0 Å². The number of rotatable bonds is 3. The lowest BCUT2D eigenvalue weighted by Gasteiger charge is -2.36. The Morgan fingerprint density at radius 1 is 0.436 bits per heavy atom. The fourth-order valence-electron chi connectivity index (χ4n) is 6.99. The lowest BCUT2D eigenvalue weighted by Crippen LogP contribution is -2.29. The van der Waals surface area contributed by atoms with E-state index in [0.29, 0.717) is 0 Å². The second kappa shape index (κ2) is 7.92. The van der Waals surface area contributed by atoms with Gasteiger partial charge in [-0.3, -0.25) is 0 Å². The predicted octanol–water partition coefficient (Wildman–Crippen LogP) is 8.43. The molecule has 2 heteroatoms. The number of fused-ring (bicyclic) bond motifs is 5. The molecule has 8 rings (SSSR count). The number of benzene rings is 6. The Labute approximate surface area is 229 Å². The molecule has 0 atom stereocenters. The Balaban J connectivity index is 1.41. The monoisotopic (exact) mass is 518 g/mol. The van der Waals surface area contributed by atoms with Crippen LogP contribution >= 0.6 is 7.14 Å². The molecule has 0 saturated carbocycles. The molecule has 39 heavy (non-hydrogen) atoms. The molecule has 6 aromatic rings. The third kappa shape index (κ3) is 2.94. The summed E-state index contributed by atoms with van der Waals surface area (Å²) < 4.78 is 15.2. The molecule has 2 aliphatic carbocycles. The van der Waals surface area contributed by atoms with E-state index in [1.54, 1.807) is 0 Å². The van der Waals surface area contributed by atoms with Crippen LogP contribution in [0.15, 0.2) is 127 Å². The van der Waals surface area contributed by atoms with Gasteiger partial charge >= 0.3 is 0 Å². The van der Waals surface area contributed by atoms with Crippen LogP contribution in [0.2, 0.25) is 0 Å². The molecule has 6 aromatic carbocycles. The van der Waals surface area contributed by atoms with Crippen molar-refractivity contribution in [3.05, 3.63) is 139 Å². The molecule has 0 spiro atoms. The molecule has 0 radical (unpaired) electrons. The van der Waals surface area contributed by atoms with Gasteiger partial charge in [0.25, 0.3) is 0 Å². The Morgan fingerprint density at radius 3 is 1.51 bits per heavy atom. The van der Waals surface area contributed by atoms with E-state index < -0.39 is 7.14 Å². The topological polar surface area (TPSA) is 17.1 Å². The van der Waals surface area contributed by atoms with Crippen LogP contribution in [0.4, 0.5) is 0 Å². The normalized spacial score (nSPS) is 14.2. The molecular formula is C37H27OP. The van der Waals surface area contributed by atoms with Crippen LogP contribution in [0, 0.1) is 0 Å². The summed E-state index contributed by atoms with van der Waals surface area (Å²) in [6.07, 6.45) is 0. The zero-order chi connectivity index (χ0) is 26.4. The maximum atomic E-state index is 15.2. The Morgan fingerprint density at radius 2 is 0.923 bits per heavy atom. The van der Waals surface area contributed by atoms with Gasteiger partial charge in [-0.05, 0) is 61.3 Å². The van der Waals surface area contributed by atoms with Crippen LogP contribution in [-0.2, 0) is 9.98 Å². The van der Waals surface area contributed by atoms with Crippen LogP contribution in [0.1, 0.15) is 25.0 Å². The van der Waals surface area contributed by atoms with Crippen LogP contribution in [-0.4, -0.2) is 0 Å². The average Bonchev–Trinajstić information content (AvgIpc) is 3.32. The fourth-order valence-corrected chi connectivity index (χ4v) is 9.66. The van der Waals surface area contributed by atoms with Crippen molar-refractivity contribution < 1.29 is 4.57 Å². The van der Waals surface area contributed by atoms with Gasteiger partial charge in [-0.1, -0.05) is 135 Å². The Bertz CT molecular complexity index is 1930. The summed E-state index contributed by atoms with van der Waals surface area (Å²) in [5.41, 5.74) is 10.1. The lowest BCUT2D eigenvalue weighted by molar-refractivity contribution is 0.592. The minimum absolute atomic E-state index is 0.248. The van der Waals surface area contributed by atoms with Crippen molar-refractivity contribution in [3.63, 3.8) is 0 Å². The summed E-state index contributed by atoms with van der Waals surface area (Å²) in [6.45, 7) is 4.64. The first kappa shape index (κ1) is 22.8. The average molecular weight is 519 g/mol. The quantitative estimate of drug-likeness (QED) is 0.215. The molecule has 0 amide bonds. The van der Waals surface area contributed by atoms with Crippen molar-refractivity contribution in [2.24, 2.45) is 0 Å². The van der Waals surface area contributed by atoms with Crippen molar-refractivity contribution in [2.45, 2.75) is 19.3 Å². The van der Waals surface area contributed by atoms with E-state index in [1.807, 2.05) is 60.7 Å². The zero-order valence-corrected chi connectivity index (χ0v) is 22.9. The van der Waals surface area contributed by atoms with Crippen molar-refractivity contribution in [2.75, 3.05) is 0 Å². The lowest BCUT2D eigenvalue weighted by atomic mass is 9.68. The highest BCUT2D eigenvalue weighted by atomic mass is 31.2. The standard InChI is InChI=1S/C37H27OP/c1-37(2)33-22-21-31-28-16-10-9-15-27(28)30-19-20-32(36(33)35(30)31)29-18-17-26(23-34(29)37)39(38,24-11-5-3-6-12-24)25-13-7-4-8-14-25/h3-23H,1-2H3. The molecule has 0 unspecified atom stereocenters.